The van der Waals surface area contributed by atoms with Gasteiger partial charge >= 0.3 is 0 Å². The van der Waals surface area contributed by atoms with Gasteiger partial charge in [0.1, 0.15) is 0 Å². The van der Waals surface area contributed by atoms with Crippen molar-refractivity contribution >= 4 is 33.0 Å². The number of halogens is 1. The van der Waals surface area contributed by atoms with Crippen LogP contribution in [0.5, 0.6) is 0 Å². The van der Waals surface area contributed by atoms with Gasteiger partial charge in [0.25, 0.3) is 0 Å². The Morgan fingerprint density at radius 1 is 0.438 bits per heavy atom. The lowest BCUT2D eigenvalue weighted by atomic mass is 10.0. The first-order valence-electron chi connectivity index (χ1n) is 15.7. The molecule has 0 unspecified atom stereocenters. The molecule has 32 heavy (non-hydrogen) atoms. The normalized spacial score (nSPS) is 15.9. The van der Waals surface area contributed by atoms with Crippen molar-refractivity contribution in [1.29, 1.82) is 0 Å². The Morgan fingerprint density at radius 3 is 1.16 bits per heavy atom. The fraction of sp³-hybridized carbons (Fsp3) is 0. The summed E-state index contributed by atoms with van der Waals surface area (Å²) in [7, 11) is 0. The second kappa shape index (κ2) is 9.25. The maximum absolute atomic E-state index is 8.99. The third kappa shape index (κ3) is 4.37. The zero-order valence-electron chi connectivity index (χ0n) is 28.6. The molecular weight excluding hydrogens is 454 g/mol. The van der Waals surface area contributed by atoms with Crippen LogP contribution in [0.1, 0.15) is 16.4 Å². The minimum atomic E-state index is -0.661. The highest BCUT2D eigenvalue weighted by atomic mass is 79.9. The van der Waals surface area contributed by atoms with Crippen LogP contribution in [0.2, 0.25) is 0 Å². The Morgan fingerprint density at radius 2 is 0.781 bits per heavy atom. The molecule has 0 N–H and O–H groups in total. The average Bonchev–Trinajstić information content (AvgIpc) is 3.02. The van der Waals surface area contributed by atoms with E-state index < -0.39 is 89.6 Å². The molecule has 0 spiro atoms. The zero-order chi connectivity index (χ0) is 32.2. The Kier molecular flexibility index (Phi) is 3.12. The molecule has 0 fully saturated rings. The molecular formula is C30H22BrN. The first kappa shape index (κ1) is 10.8. The smallest absolute Gasteiger partial charge is 0.0645 e. The summed E-state index contributed by atoms with van der Waals surface area (Å²) in [6.07, 6.45) is 0. The SMILES string of the molecule is [2H]c1c([2H])c(N(c2c([2H])c([2H])c(-c3ccccc3)c([2H])c2[2H])c2c([2H])c([2H])c(-c3ccccc3)c([2H])c2[2H])c([2H])c([2H])c1Br. The van der Waals surface area contributed by atoms with Crippen LogP contribution in [0.25, 0.3) is 22.3 Å². The Balaban J connectivity index is 1.96. The van der Waals surface area contributed by atoms with E-state index in [9.17, 15) is 0 Å². The monoisotopic (exact) mass is 487 g/mol. The fourth-order valence-electron chi connectivity index (χ4n) is 3.07. The van der Waals surface area contributed by atoms with Crippen LogP contribution in [-0.4, -0.2) is 0 Å². The van der Waals surface area contributed by atoms with Crippen LogP contribution in [0.15, 0.2) is 138 Å². The lowest BCUT2D eigenvalue weighted by Crippen LogP contribution is -2.09. The molecule has 0 amide bonds. The summed E-state index contributed by atoms with van der Waals surface area (Å²) in [6, 6.07) is 9.71. The van der Waals surface area contributed by atoms with Crippen molar-refractivity contribution in [1.82, 2.24) is 0 Å². The molecule has 0 saturated heterocycles. The van der Waals surface area contributed by atoms with E-state index >= 15 is 0 Å². The molecule has 154 valence electrons. The molecule has 0 saturated carbocycles. The van der Waals surface area contributed by atoms with Gasteiger partial charge in [0.2, 0.25) is 0 Å². The van der Waals surface area contributed by atoms with Crippen molar-refractivity contribution in [2.75, 3.05) is 4.90 Å². The summed E-state index contributed by atoms with van der Waals surface area (Å²) in [5.41, 5.74) is -0.951. The maximum atomic E-state index is 8.99. The molecule has 5 aromatic rings. The molecule has 0 radical (unpaired) electrons. The summed E-state index contributed by atoms with van der Waals surface area (Å²) in [4.78, 5) is 0.790. The van der Waals surface area contributed by atoms with E-state index in [1.54, 1.807) is 60.7 Å². The highest BCUT2D eigenvalue weighted by molar-refractivity contribution is 9.10. The van der Waals surface area contributed by atoms with Gasteiger partial charge in [-0.1, -0.05) is 101 Å². The van der Waals surface area contributed by atoms with Gasteiger partial charge in [0.05, 0.1) is 16.4 Å². The molecule has 0 aliphatic rings. The fourth-order valence-corrected chi connectivity index (χ4v) is 3.27. The minimum Gasteiger partial charge on any atom is -0.311 e. The molecule has 2 heteroatoms. The Labute approximate surface area is 214 Å². The highest BCUT2D eigenvalue weighted by Crippen LogP contribution is 2.37. The van der Waals surface area contributed by atoms with Crippen LogP contribution >= 0.6 is 15.9 Å². The van der Waals surface area contributed by atoms with E-state index in [1.807, 2.05) is 0 Å². The summed E-state index contributed by atoms with van der Waals surface area (Å²) < 4.78 is 105. The van der Waals surface area contributed by atoms with Crippen molar-refractivity contribution in [3.8, 4) is 22.3 Å². The van der Waals surface area contributed by atoms with E-state index in [1.165, 1.54) is 0 Å². The van der Waals surface area contributed by atoms with Gasteiger partial charge < -0.3 is 4.90 Å². The number of hydrogen-bond acceptors (Lipinski definition) is 1. The van der Waals surface area contributed by atoms with Crippen molar-refractivity contribution in [2.45, 2.75) is 0 Å². The van der Waals surface area contributed by atoms with Crippen LogP contribution < -0.4 is 4.90 Å². The van der Waals surface area contributed by atoms with Gasteiger partial charge in [-0.05, 0) is 70.6 Å². The Hall–Kier alpha value is -3.62. The third-order valence-electron chi connectivity index (χ3n) is 4.60. The quantitative estimate of drug-likeness (QED) is 0.238. The van der Waals surface area contributed by atoms with Crippen molar-refractivity contribution in [3.63, 3.8) is 0 Å². The van der Waals surface area contributed by atoms with E-state index in [4.69, 9.17) is 16.4 Å². The van der Waals surface area contributed by atoms with Crippen LogP contribution in [-0.2, 0) is 0 Å². The average molecular weight is 488 g/mol. The number of hydrogen-bond donors (Lipinski definition) is 0. The lowest BCUT2D eigenvalue weighted by Gasteiger charge is -2.26. The predicted molar refractivity (Wildman–Crippen MR) is 140 cm³/mol. The van der Waals surface area contributed by atoms with E-state index in [2.05, 4.69) is 15.9 Å². The first-order valence-corrected chi connectivity index (χ1v) is 10.5. The predicted octanol–water partition coefficient (Wildman–Crippen LogP) is 9.25. The minimum absolute atomic E-state index is 0.0290. The topological polar surface area (TPSA) is 3.24 Å². The molecule has 0 aliphatic heterocycles. The van der Waals surface area contributed by atoms with Gasteiger partial charge in [0.15, 0.2) is 0 Å². The van der Waals surface area contributed by atoms with Crippen LogP contribution in [0.3, 0.4) is 0 Å². The molecule has 0 bridgehead atoms. The number of anilines is 3. The van der Waals surface area contributed by atoms with Gasteiger partial charge in [-0.2, -0.15) is 0 Å². The maximum Gasteiger partial charge on any atom is 0.0645 e. The number of rotatable bonds is 5. The number of nitrogens with zero attached hydrogens (tertiary/aromatic N) is 1. The van der Waals surface area contributed by atoms with Gasteiger partial charge in [-0.25, -0.2) is 0 Å². The van der Waals surface area contributed by atoms with Crippen molar-refractivity contribution in [2.24, 2.45) is 0 Å². The summed E-state index contributed by atoms with van der Waals surface area (Å²) >= 11 is 3.05. The second-order valence-corrected chi connectivity index (χ2v) is 7.47. The zero-order valence-corrected chi connectivity index (χ0v) is 18.2. The summed E-state index contributed by atoms with van der Waals surface area (Å²) in [5.74, 6) is 0. The molecule has 0 atom stereocenters. The second-order valence-electron chi connectivity index (χ2n) is 6.68. The highest BCUT2D eigenvalue weighted by Gasteiger charge is 2.13. The number of benzene rings is 5. The first-order chi connectivity index (χ1) is 20.8. The van der Waals surface area contributed by atoms with Crippen LogP contribution in [0.4, 0.5) is 17.1 Å². The lowest BCUT2D eigenvalue weighted by molar-refractivity contribution is 1.28. The van der Waals surface area contributed by atoms with Crippen LogP contribution in [0, 0.1) is 0 Å². The molecule has 5 rings (SSSR count). The van der Waals surface area contributed by atoms with Gasteiger partial charge in [0, 0.05) is 21.5 Å². The molecule has 1 nitrogen and oxygen atoms in total. The van der Waals surface area contributed by atoms with E-state index in [0.717, 1.165) is 4.90 Å². The van der Waals surface area contributed by atoms with Crippen molar-refractivity contribution in [3.05, 3.63) is 138 Å². The van der Waals surface area contributed by atoms with E-state index in [-0.39, 0.29) is 15.6 Å². The summed E-state index contributed by atoms with van der Waals surface area (Å²) in [5, 5.41) is 0. The largest absolute Gasteiger partial charge is 0.311 e. The van der Waals surface area contributed by atoms with E-state index in [0.29, 0.717) is 11.1 Å². The Bertz CT molecular complexity index is 1750. The molecule has 0 aromatic heterocycles. The molecule has 0 heterocycles. The van der Waals surface area contributed by atoms with Gasteiger partial charge in [-0.15, -0.1) is 0 Å². The summed E-state index contributed by atoms with van der Waals surface area (Å²) in [6.45, 7) is 0. The van der Waals surface area contributed by atoms with Crippen molar-refractivity contribution < 1.29 is 16.4 Å². The molecule has 5 aromatic carbocycles. The molecule has 0 aliphatic carbocycles. The van der Waals surface area contributed by atoms with Gasteiger partial charge in [-0.3, -0.25) is 0 Å². The third-order valence-corrected chi connectivity index (χ3v) is 5.00. The standard InChI is InChI=1S/C30H22BrN/c31-27-15-21-30(22-16-27)32(28-17-11-25(12-18-28)23-7-3-1-4-8-23)29-19-13-26(14-20-29)24-9-5-2-6-10-24/h1-22H/i11D,12D,13D,14D,15D,16D,17D,18D,19D,20D,21D,22D.